The average molecular weight is 320 g/mol. The van der Waals surface area contributed by atoms with Crippen LogP contribution in [0.25, 0.3) is 0 Å². The molecule has 100 valence electrons. The van der Waals surface area contributed by atoms with E-state index in [1.165, 1.54) is 16.7 Å². The molecule has 0 unspecified atom stereocenters. The van der Waals surface area contributed by atoms with Gasteiger partial charge in [-0.05, 0) is 53.2 Å². The van der Waals surface area contributed by atoms with Gasteiger partial charge in [0.15, 0.2) is 0 Å². The van der Waals surface area contributed by atoms with Crippen LogP contribution < -0.4 is 10.1 Å². The average Bonchev–Trinajstić information content (AvgIpc) is 2.38. The largest absolute Gasteiger partial charge is 0.488 e. The summed E-state index contributed by atoms with van der Waals surface area (Å²) in [4.78, 5) is 0. The van der Waals surface area contributed by atoms with Gasteiger partial charge in [0.2, 0.25) is 0 Å². The molecule has 19 heavy (non-hydrogen) atoms. The second-order valence-electron chi connectivity index (χ2n) is 4.57. The smallest absolute Gasteiger partial charge is 0.134 e. The van der Waals surface area contributed by atoms with Gasteiger partial charge < -0.3 is 10.1 Å². The zero-order chi connectivity index (χ0) is 13.7. The van der Waals surface area contributed by atoms with Crippen molar-refractivity contribution in [2.45, 2.75) is 20.1 Å². The highest BCUT2D eigenvalue weighted by molar-refractivity contribution is 9.10. The van der Waals surface area contributed by atoms with Gasteiger partial charge in [-0.1, -0.05) is 35.9 Å². The Kier molecular flexibility index (Phi) is 5.00. The molecule has 0 amide bonds. The number of hydrogen-bond donors (Lipinski definition) is 1. The maximum Gasteiger partial charge on any atom is 0.134 e. The van der Waals surface area contributed by atoms with Gasteiger partial charge in [-0.25, -0.2) is 0 Å². The number of hydrogen-bond acceptors (Lipinski definition) is 2. The molecule has 3 heteroatoms. The Morgan fingerprint density at radius 2 is 1.95 bits per heavy atom. The standard InChI is InChI=1S/C16H18BrNO/c1-12-4-3-5-14(8-12)11-19-16-7-6-13(10-18-2)9-15(16)17/h3-9,18H,10-11H2,1-2H3. The van der Waals surface area contributed by atoms with Crippen LogP contribution >= 0.6 is 15.9 Å². The molecule has 0 saturated heterocycles. The summed E-state index contributed by atoms with van der Waals surface area (Å²) in [6, 6.07) is 14.5. The Bertz CT molecular complexity index is 554. The summed E-state index contributed by atoms with van der Waals surface area (Å²) in [5.41, 5.74) is 3.67. The van der Waals surface area contributed by atoms with E-state index in [9.17, 15) is 0 Å². The molecule has 0 heterocycles. The van der Waals surface area contributed by atoms with Crippen LogP contribution in [0, 0.1) is 6.92 Å². The number of ether oxygens (including phenoxy) is 1. The van der Waals surface area contributed by atoms with Crippen molar-refractivity contribution in [3.63, 3.8) is 0 Å². The zero-order valence-corrected chi connectivity index (χ0v) is 12.8. The maximum atomic E-state index is 5.84. The summed E-state index contributed by atoms with van der Waals surface area (Å²) < 4.78 is 6.84. The molecule has 2 aromatic rings. The van der Waals surface area contributed by atoms with Crippen molar-refractivity contribution in [1.29, 1.82) is 0 Å². The zero-order valence-electron chi connectivity index (χ0n) is 11.2. The summed E-state index contributed by atoms with van der Waals surface area (Å²) in [6.45, 7) is 3.54. The van der Waals surface area contributed by atoms with Crippen LogP contribution in [-0.4, -0.2) is 7.05 Å². The molecule has 0 fully saturated rings. The number of halogens is 1. The molecule has 0 aliphatic heterocycles. The van der Waals surface area contributed by atoms with Crippen LogP contribution in [-0.2, 0) is 13.2 Å². The minimum Gasteiger partial charge on any atom is -0.488 e. The van der Waals surface area contributed by atoms with Gasteiger partial charge in [0.05, 0.1) is 4.47 Å². The number of aryl methyl sites for hydroxylation is 1. The van der Waals surface area contributed by atoms with Crippen molar-refractivity contribution in [2.75, 3.05) is 7.05 Å². The lowest BCUT2D eigenvalue weighted by atomic mass is 10.1. The first-order valence-electron chi connectivity index (χ1n) is 6.30. The molecule has 0 radical (unpaired) electrons. The van der Waals surface area contributed by atoms with Crippen molar-refractivity contribution >= 4 is 15.9 Å². The molecule has 0 aromatic heterocycles. The summed E-state index contributed by atoms with van der Waals surface area (Å²) >= 11 is 3.55. The highest BCUT2D eigenvalue weighted by atomic mass is 79.9. The van der Waals surface area contributed by atoms with Gasteiger partial charge in [-0.2, -0.15) is 0 Å². The molecule has 0 bridgehead atoms. The lowest BCUT2D eigenvalue weighted by molar-refractivity contribution is 0.304. The normalized spacial score (nSPS) is 10.5. The van der Waals surface area contributed by atoms with E-state index in [-0.39, 0.29) is 0 Å². The highest BCUT2D eigenvalue weighted by Crippen LogP contribution is 2.26. The van der Waals surface area contributed by atoms with E-state index in [1.807, 2.05) is 13.1 Å². The van der Waals surface area contributed by atoms with Crippen molar-refractivity contribution in [1.82, 2.24) is 5.32 Å². The molecular weight excluding hydrogens is 302 g/mol. The second-order valence-corrected chi connectivity index (χ2v) is 5.43. The van der Waals surface area contributed by atoms with Crippen LogP contribution in [0.5, 0.6) is 5.75 Å². The Hall–Kier alpha value is -1.32. The SMILES string of the molecule is CNCc1ccc(OCc2cccc(C)c2)c(Br)c1. The predicted octanol–water partition coefficient (Wildman–Crippen LogP) is 4.06. The third-order valence-corrected chi connectivity index (χ3v) is 3.47. The third kappa shape index (κ3) is 4.08. The van der Waals surface area contributed by atoms with E-state index < -0.39 is 0 Å². The lowest BCUT2D eigenvalue weighted by Gasteiger charge is -2.10. The predicted molar refractivity (Wildman–Crippen MR) is 82.4 cm³/mol. The fourth-order valence-electron chi connectivity index (χ4n) is 1.94. The number of benzene rings is 2. The summed E-state index contributed by atoms with van der Waals surface area (Å²) in [7, 11) is 1.94. The Labute approximate surface area is 122 Å². The minimum absolute atomic E-state index is 0.589. The van der Waals surface area contributed by atoms with E-state index in [1.54, 1.807) is 0 Å². The van der Waals surface area contributed by atoms with Gasteiger partial charge in [-0.15, -0.1) is 0 Å². The summed E-state index contributed by atoms with van der Waals surface area (Å²) in [6.07, 6.45) is 0. The van der Waals surface area contributed by atoms with E-state index in [0.29, 0.717) is 6.61 Å². The molecule has 0 saturated carbocycles. The van der Waals surface area contributed by atoms with Gasteiger partial charge in [-0.3, -0.25) is 0 Å². The molecule has 2 nitrogen and oxygen atoms in total. The van der Waals surface area contributed by atoms with Crippen LogP contribution in [0.1, 0.15) is 16.7 Å². The Balaban J connectivity index is 2.03. The molecule has 0 aliphatic rings. The molecule has 0 spiro atoms. The lowest BCUT2D eigenvalue weighted by Crippen LogP contribution is -2.05. The first-order chi connectivity index (χ1) is 9.19. The fraction of sp³-hybridized carbons (Fsp3) is 0.250. The van der Waals surface area contributed by atoms with Gasteiger partial charge in [0.1, 0.15) is 12.4 Å². The molecule has 2 rings (SSSR count). The van der Waals surface area contributed by atoms with Crippen LogP contribution in [0.2, 0.25) is 0 Å². The van der Waals surface area contributed by atoms with Crippen LogP contribution in [0.3, 0.4) is 0 Å². The first-order valence-corrected chi connectivity index (χ1v) is 7.09. The minimum atomic E-state index is 0.589. The third-order valence-electron chi connectivity index (χ3n) is 2.85. The Morgan fingerprint density at radius 3 is 2.63 bits per heavy atom. The van der Waals surface area contributed by atoms with E-state index in [0.717, 1.165) is 16.8 Å². The second kappa shape index (κ2) is 6.73. The van der Waals surface area contributed by atoms with Crippen LogP contribution in [0.4, 0.5) is 0 Å². The number of rotatable bonds is 5. The van der Waals surface area contributed by atoms with Crippen molar-refractivity contribution in [2.24, 2.45) is 0 Å². The van der Waals surface area contributed by atoms with Crippen molar-refractivity contribution in [3.05, 3.63) is 63.6 Å². The summed E-state index contributed by atoms with van der Waals surface area (Å²) in [5.74, 6) is 0.876. The molecule has 1 N–H and O–H groups in total. The van der Waals surface area contributed by atoms with Crippen molar-refractivity contribution < 1.29 is 4.74 Å². The maximum absolute atomic E-state index is 5.84. The van der Waals surface area contributed by atoms with Crippen LogP contribution in [0.15, 0.2) is 46.9 Å². The fourth-order valence-corrected chi connectivity index (χ4v) is 2.48. The molecular formula is C16H18BrNO. The van der Waals surface area contributed by atoms with Gasteiger partial charge in [0, 0.05) is 6.54 Å². The van der Waals surface area contributed by atoms with E-state index in [4.69, 9.17) is 4.74 Å². The van der Waals surface area contributed by atoms with Gasteiger partial charge in [0.25, 0.3) is 0 Å². The topological polar surface area (TPSA) is 21.3 Å². The monoisotopic (exact) mass is 319 g/mol. The molecule has 0 aliphatic carbocycles. The molecule has 0 atom stereocenters. The summed E-state index contributed by atoms with van der Waals surface area (Å²) in [5, 5.41) is 3.13. The highest BCUT2D eigenvalue weighted by Gasteiger charge is 2.03. The molecule has 2 aromatic carbocycles. The van der Waals surface area contributed by atoms with E-state index in [2.05, 4.69) is 64.6 Å². The van der Waals surface area contributed by atoms with Gasteiger partial charge >= 0.3 is 0 Å². The van der Waals surface area contributed by atoms with E-state index >= 15 is 0 Å². The van der Waals surface area contributed by atoms with Crippen molar-refractivity contribution in [3.8, 4) is 5.75 Å². The number of nitrogens with one attached hydrogen (secondary N) is 1. The quantitative estimate of drug-likeness (QED) is 0.897. The first kappa shape index (κ1) is 14.1. The Morgan fingerprint density at radius 1 is 1.11 bits per heavy atom.